The van der Waals surface area contributed by atoms with Crippen LogP contribution in [-0.4, -0.2) is 39.6 Å². The quantitative estimate of drug-likeness (QED) is 0.636. The van der Waals surface area contributed by atoms with Crippen LogP contribution in [0.25, 0.3) is 6.08 Å². The van der Waals surface area contributed by atoms with Gasteiger partial charge in [-0.2, -0.15) is 0 Å². The van der Waals surface area contributed by atoms with Crippen molar-refractivity contribution in [1.29, 1.82) is 0 Å². The molecule has 1 amide bonds. The lowest BCUT2D eigenvalue weighted by molar-refractivity contribution is -0.140. The number of rotatable bonds is 5. The van der Waals surface area contributed by atoms with Gasteiger partial charge in [0, 0.05) is 25.9 Å². The number of nitrogens with zero attached hydrogens (tertiary/aromatic N) is 1. The van der Waals surface area contributed by atoms with Crippen molar-refractivity contribution in [2.75, 3.05) is 32.6 Å². The number of anilines is 1. The third kappa shape index (κ3) is 5.25. The largest absolute Gasteiger partial charge is 0.468 e. The zero-order valence-corrected chi connectivity index (χ0v) is 11.3. The van der Waals surface area contributed by atoms with Crippen molar-refractivity contribution in [3.8, 4) is 0 Å². The van der Waals surface area contributed by atoms with Crippen LogP contribution in [0.2, 0.25) is 0 Å². The maximum atomic E-state index is 11.4. The van der Waals surface area contributed by atoms with E-state index in [1.165, 1.54) is 13.2 Å². The summed E-state index contributed by atoms with van der Waals surface area (Å²) in [5.74, 6) is -0.806. The number of ether oxygens (including phenoxy) is 1. The molecule has 0 unspecified atom stereocenters. The molecule has 0 atom stereocenters. The van der Waals surface area contributed by atoms with E-state index < -0.39 is 5.97 Å². The molecule has 0 saturated carbocycles. The molecular formula is C14H18N2O3. The summed E-state index contributed by atoms with van der Waals surface area (Å²) in [4.78, 5) is 24.2. The lowest BCUT2D eigenvalue weighted by Gasteiger charge is -2.11. The highest BCUT2D eigenvalue weighted by molar-refractivity contribution is 5.93. The van der Waals surface area contributed by atoms with Crippen molar-refractivity contribution in [2.45, 2.75) is 0 Å². The number of hydrogen-bond acceptors (Lipinski definition) is 4. The number of amides is 1. The van der Waals surface area contributed by atoms with Crippen LogP contribution in [0, 0.1) is 0 Å². The van der Waals surface area contributed by atoms with Gasteiger partial charge < -0.3 is 15.0 Å². The Morgan fingerprint density at radius 2 is 1.89 bits per heavy atom. The van der Waals surface area contributed by atoms with E-state index in [1.54, 1.807) is 6.08 Å². The lowest BCUT2D eigenvalue weighted by atomic mass is 10.2. The van der Waals surface area contributed by atoms with Crippen LogP contribution in [0.4, 0.5) is 5.69 Å². The summed E-state index contributed by atoms with van der Waals surface area (Å²) >= 11 is 0. The van der Waals surface area contributed by atoms with Gasteiger partial charge in [0.05, 0.1) is 7.11 Å². The molecule has 19 heavy (non-hydrogen) atoms. The monoisotopic (exact) mass is 262 g/mol. The van der Waals surface area contributed by atoms with E-state index >= 15 is 0 Å². The minimum atomic E-state index is -0.475. The molecule has 1 aromatic rings. The predicted octanol–water partition coefficient (Wildman–Crippen LogP) is 1.05. The second-order valence-electron chi connectivity index (χ2n) is 4.11. The molecule has 1 rings (SSSR count). The second kappa shape index (κ2) is 7.20. The zero-order chi connectivity index (χ0) is 14.3. The van der Waals surface area contributed by atoms with E-state index in [9.17, 15) is 9.59 Å². The van der Waals surface area contributed by atoms with Gasteiger partial charge >= 0.3 is 5.97 Å². The predicted molar refractivity (Wildman–Crippen MR) is 74.8 cm³/mol. The normalized spacial score (nSPS) is 10.3. The van der Waals surface area contributed by atoms with Gasteiger partial charge in [0.25, 0.3) is 0 Å². The second-order valence-corrected chi connectivity index (χ2v) is 4.11. The van der Waals surface area contributed by atoms with E-state index in [2.05, 4.69) is 10.1 Å². The molecule has 0 aliphatic heterocycles. The van der Waals surface area contributed by atoms with E-state index in [0.29, 0.717) is 0 Å². The van der Waals surface area contributed by atoms with E-state index in [1.807, 2.05) is 43.3 Å². The molecule has 0 aromatic heterocycles. The number of hydrogen-bond donors (Lipinski definition) is 1. The summed E-state index contributed by atoms with van der Waals surface area (Å²) in [5, 5.41) is 2.42. The maximum absolute atomic E-state index is 11.4. The van der Waals surface area contributed by atoms with Crippen molar-refractivity contribution in [1.82, 2.24) is 5.32 Å². The standard InChI is InChI=1S/C14H18N2O3/c1-16(2)12-7-4-11(5-8-12)6-9-13(17)15-10-14(18)19-3/h4-9H,10H2,1-3H3,(H,15,17). The Morgan fingerprint density at radius 1 is 1.26 bits per heavy atom. The number of carbonyl (C=O) groups excluding carboxylic acids is 2. The summed E-state index contributed by atoms with van der Waals surface area (Å²) in [6.07, 6.45) is 3.07. The first kappa shape index (κ1) is 14.8. The van der Waals surface area contributed by atoms with Gasteiger partial charge in [-0.25, -0.2) is 0 Å². The topological polar surface area (TPSA) is 58.6 Å². The van der Waals surface area contributed by atoms with Gasteiger partial charge in [-0.1, -0.05) is 12.1 Å². The Labute approximate surface area is 112 Å². The number of carbonyl (C=O) groups is 2. The fraction of sp³-hybridized carbons (Fsp3) is 0.286. The Hall–Kier alpha value is -2.30. The number of methoxy groups -OCH3 is 1. The van der Waals surface area contributed by atoms with Gasteiger partial charge in [0.1, 0.15) is 6.54 Å². The van der Waals surface area contributed by atoms with Gasteiger partial charge in [0.15, 0.2) is 0 Å². The highest BCUT2D eigenvalue weighted by Crippen LogP contribution is 2.12. The first-order chi connectivity index (χ1) is 9.02. The summed E-state index contributed by atoms with van der Waals surface area (Å²) in [6.45, 7) is -0.126. The van der Waals surface area contributed by atoms with Gasteiger partial charge in [-0.15, -0.1) is 0 Å². The van der Waals surface area contributed by atoms with E-state index in [-0.39, 0.29) is 12.5 Å². The van der Waals surface area contributed by atoms with Crippen LogP contribution >= 0.6 is 0 Å². The van der Waals surface area contributed by atoms with Crippen molar-refractivity contribution in [3.05, 3.63) is 35.9 Å². The number of benzene rings is 1. The summed E-state index contributed by atoms with van der Waals surface area (Å²) in [6, 6.07) is 7.76. The molecule has 5 heteroatoms. The summed E-state index contributed by atoms with van der Waals surface area (Å²) in [5.41, 5.74) is 2.01. The fourth-order valence-electron chi connectivity index (χ4n) is 1.35. The molecule has 102 valence electrons. The van der Waals surface area contributed by atoms with Crippen LogP contribution in [0.1, 0.15) is 5.56 Å². The van der Waals surface area contributed by atoms with Crippen LogP contribution in [0.5, 0.6) is 0 Å². The van der Waals surface area contributed by atoms with Crippen LogP contribution in [0.15, 0.2) is 30.3 Å². The molecule has 0 aliphatic rings. The SMILES string of the molecule is COC(=O)CNC(=O)C=Cc1ccc(N(C)C)cc1. The van der Waals surface area contributed by atoms with Crippen LogP contribution < -0.4 is 10.2 Å². The minimum Gasteiger partial charge on any atom is -0.468 e. The molecule has 0 fully saturated rings. The average molecular weight is 262 g/mol. The maximum Gasteiger partial charge on any atom is 0.325 e. The number of esters is 1. The van der Waals surface area contributed by atoms with Crippen molar-refractivity contribution in [3.63, 3.8) is 0 Å². The van der Waals surface area contributed by atoms with Gasteiger partial charge in [-0.3, -0.25) is 9.59 Å². The highest BCUT2D eigenvalue weighted by Gasteiger charge is 2.01. The van der Waals surface area contributed by atoms with Crippen LogP contribution in [0.3, 0.4) is 0 Å². The Kier molecular flexibility index (Phi) is 5.60. The highest BCUT2D eigenvalue weighted by atomic mass is 16.5. The molecule has 0 bridgehead atoms. The van der Waals surface area contributed by atoms with E-state index in [0.717, 1.165) is 11.3 Å². The summed E-state index contributed by atoms with van der Waals surface area (Å²) < 4.78 is 4.42. The zero-order valence-electron chi connectivity index (χ0n) is 11.3. The molecule has 0 spiro atoms. The van der Waals surface area contributed by atoms with Gasteiger partial charge in [0.2, 0.25) is 5.91 Å². The molecule has 0 saturated heterocycles. The molecule has 0 heterocycles. The molecule has 1 N–H and O–H groups in total. The fourth-order valence-corrected chi connectivity index (χ4v) is 1.35. The minimum absolute atomic E-state index is 0.126. The molecule has 0 radical (unpaired) electrons. The van der Waals surface area contributed by atoms with Crippen LogP contribution in [-0.2, 0) is 14.3 Å². The van der Waals surface area contributed by atoms with Crippen molar-refractivity contribution in [2.24, 2.45) is 0 Å². The average Bonchev–Trinajstić information content (AvgIpc) is 2.42. The Balaban J connectivity index is 2.51. The summed E-state index contributed by atoms with van der Waals surface area (Å²) in [7, 11) is 5.20. The van der Waals surface area contributed by atoms with Crippen molar-refractivity contribution >= 4 is 23.6 Å². The molecular weight excluding hydrogens is 244 g/mol. The lowest BCUT2D eigenvalue weighted by Crippen LogP contribution is -2.28. The first-order valence-corrected chi connectivity index (χ1v) is 5.83. The van der Waals surface area contributed by atoms with Crippen molar-refractivity contribution < 1.29 is 14.3 Å². The smallest absolute Gasteiger partial charge is 0.325 e. The first-order valence-electron chi connectivity index (χ1n) is 5.83. The molecule has 0 aliphatic carbocycles. The third-order valence-corrected chi connectivity index (χ3v) is 2.47. The Morgan fingerprint density at radius 3 is 2.42 bits per heavy atom. The van der Waals surface area contributed by atoms with E-state index in [4.69, 9.17) is 0 Å². The Bertz CT molecular complexity index is 464. The van der Waals surface area contributed by atoms with Gasteiger partial charge in [-0.05, 0) is 23.8 Å². The number of nitrogens with one attached hydrogen (secondary N) is 1. The molecule has 5 nitrogen and oxygen atoms in total. The molecule has 1 aromatic carbocycles. The third-order valence-electron chi connectivity index (χ3n) is 2.47.